The summed E-state index contributed by atoms with van der Waals surface area (Å²) in [6.45, 7) is 10.8. The summed E-state index contributed by atoms with van der Waals surface area (Å²) in [7, 11) is 0. The molecule has 1 aliphatic heterocycles. The standard InChI is InChI=1S/C18H29FN2O2/c1-15(2)11-20-7-9-21(10-8-20)12-17(22)14-23-13-16-5-3-4-6-18(16)19/h3-6,15,17,22H,7-14H2,1-2H3. The van der Waals surface area contributed by atoms with E-state index in [0.717, 1.165) is 32.7 Å². The van der Waals surface area contributed by atoms with Crippen LogP contribution in [-0.2, 0) is 11.3 Å². The summed E-state index contributed by atoms with van der Waals surface area (Å²) >= 11 is 0. The minimum Gasteiger partial charge on any atom is -0.389 e. The molecule has 2 rings (SSSR count). The Bertz CT molecular complexity index is 462. The summed E-state index contributed by atoms with van der Waals surface area (Å²) in [6.07, 6.45) is -0.529. The number of nitrogens with zero attached hydrogens (tertiary/aromatic N) is 2. The maximum absolute atomic E-state index is 13.5. The van der Waals surface area contributed by atoms with Gasteiger partial charge in [0.2, 0.25) is 0 Å². The number of rotatable bonds is 8. The van der Waals surface area contributed by atoms with Crippen LogP contribution in [0.25, 0.3) is 0 Å². The third-order valence-corrected chi connectivity index (χ3v) is 4.08. The number of aliphatic hydroxyl groups excluding tert-OH is 1. The minimum absolute atomic E-state index is 0.200. The van der Waals surface area contributed by atoms with E-state index in [-0.39, 0.29) is 19.0 Å². The zero-order chi connectivity index (χ0) is 16.7. The quantitative estimate of drug-likeness (QED) is 0.793. The van der Waals surface area contributed by atoms with Crippen molar-refractivity contribution < 1.29 is 14.2 Å². The Balaban J connectivity index is 1.62. The Morgan fingerprint density at radius 1 is 1.09 bits per heavy atom. The molecule has 0 bridgehead atoms. The van der Waals surface area contributed by atoms with Gasteiger partial charge in [0.1, 0.15) is 5.82 Å². The fourth-order valence-electron chi connectivity index (χ4n) is 2.94. The predicted molar refractivity (Wildman–Crippen MR) is 89.8 cm³/mol. The van der Waals surface area contributed by atoms with Crippen molar-refractivity contribution in [1.82, 2.24) is 9.80 Å². The molecule has 1 saturated heterocycles. The molecule has 1 fully saturated rings. The second kappa shape index (κ2) is 9.33. The van der Waals surface area contributed by atoms with Gasteiger partial charge in [0, 0.05) is 44.8 Å². The number of halogens is 1. The van der Waals surface area contributed by atoms with Crippen molar-refractivity contribution in [2.45, 2.75) is 26.6 Å². The molecule has 1 aromatic carbocycles. The summed E-state index contributed by atoms with van der Waals surface area (Å²) < 4.78 is 18.9. The normalized spacial score (nSPS) is 18.5. The van der Waals surface area contributed by atoms with Crippen LogP contribution in [0.1, 0.15) is 19.4 Å². The molecule has 0 aliphatic carbocycles. The van der Waals surface area contributed by atoms with Crippen LogP contribution in [0.4, 0.5) is 4.39 Å². The molecule has 0 amide bonds. The summed E-state index contributed by atoms with van der Waals surface area (Å²) in [5, 5.41) is 10.1. The molecule has 130 valence electrons. The van der Waals surface area contributed by atoms with Crippen molar-refractivity contribution in [3.8, 4) is 0 Å². The van der Waals surface area contributed by atoms with Crippen molar-refractivity contribution in [2.75, 3.05) is 45.9 Å². The molecule has 1 heterocycles. The molecule has 23 heavy (non-hydrogen) atoms. The van der Waals surface area contributed by atoms with Crippen molar-refractivity contribution in [3.63, 3.8) is 0 Å². The lowest BCUT2D eigenvalue weighted by Crippen LogP contribution is -2.49. The third kappa shape index (κ3) is 6.55. The Labute approximate surface area is 138 Å². The topological polar surface area (TPSA) is 35.9 Å². The highest BCUT2D eigenvalue weighted by Gasteiger charge is 2.19. The highest BCUT2D eigenvalue weighted by Crippen LogP contribution is 2.09. The number of hydrogen-bond donors (Lipinski definition) is 1. The molecule has 1 aliphatic rings. The molecule has 1 unspecified atom stereocenters. The summed E-state index contributed by atoms with van der Waals surface area (Å²) in [4.78, 5) is 4.75. The Morgan fingerprint density at radius 3 is 2.30 bits per heavy atom. The number of β-amino-alcohol motifs (C(OH)–C–C–N with tert-alkyl or cyclic N) is 1. The highest BCUT2D eigenvalue weighted by molar-refractivity contribution is 5.16. The van der Waals surface area contributed by atoms with Gasteiger partial charge in [-0.05, 0) is 12.0 Å². The predicted octanol–water partition coefficient (Wildman–Crippen LogP) is 1.98. The lowest BCUT2D eigenvalue weighted by Gasteiger charge is -2.36. The van der Waals surface area contributed by atoms with E-state index in [4.69, 9.17) is 4.74 Å². The number of ether oxygens (including phenoxy) is 1. The van der Waals surface area contributed by atoms with Gasteiger partial charge in [-0.25, -0.2) is 4.39 Å². The molecular weight excluding hydrogens is 295 g/mol. The summed E-state index contributed by atoms with van der Waals surface area (Å²) in [5.41, 5.74) is 0.530. The smallest absolute Gasteiger partial charge is 0.128 e. The van der Waals surface area contributed by atoms with Crippen molar-refractivity contribution in [3.05, 3.63) is 35.6 Å². The van der Waals surface area contributed by atoms with Crippen LogP contribution in [0.5, 0.6) is 0 Å². The van der Waals surface area contributed by atoms with Crippen LogP contribution in [-0.4, -0.2) is 66.9 Å². The van der Waals surface area contributed by atoms with Gasteiger partial charge in [0.15, 0.2) is 0 Å². The van der Waals surface area contributed by atoms with Gasteiger partial charge in [-0.15, -0.1) is 0 Å². The zero-order valence-corrected chi connectivity index (χ0v) is 14.2. The second-order valence-corrected chi connectivity index (χ2v) is 6.76. The molecule has 0 spiro atoms. The van der Waals surface area contributed by atoms with Crippen LogP contribution < -0.4 is 0 Å². The molecule has 0 saturated carbocycles. The minimum atomic E-state index is -0.529. The molecular formula is C18H29FN2O2. The van der Waals surface area contributed by atoms with Crippen LogP contribution in [0.2, 0.25) is 0 Å². The van der Waals surface area contributed by atoms with Crippen LogP contribution in [0.15, 0.2) is 24.3 Å². The van der Waals surface area contributed by atoms with Gasteiger partial charge >= 0.3 is 0 Å². The lowest BCUT2D eigenvalue weighted by atomic mass is 10.2. The molecule has 1 aromatic rings. The van der Waals surface area contributed by atoms with Gasteiger partial charge in [-0.1, -0.05) is 32.0 Å². The van der Waals surface area contributed by atoms with E-state index in [1.54, 1.807) is 18.2 Å². The fourth-order valence-corrected chi connectivity index (χ4v) is 2.94. The number of aliphatic hydroxyl groups is 1. The van der Waals surface area contributed by atoms with Crippen LogP contribution >= 0.6 is 0 Å². The Kier molecular flexibility index (Phi) is 7.43. The number of hydrogen-bond acceptors (Lipinski definition) is 4. The molecule has 4 nitrogen and oxygen atoms in total. The Morgan fingerprint density at radius 2 is 1.70 bits per heavy atom. The van der Waals surface area contributed by atoms with E-state index >= 15 is 0 Å². The molecule has 1 atom stereocenters. The van der Waals surface area contributed by atoms with Crippen molar-refractivity contribution in [1.29, 1.82) is 0 Å². The van der Waals surface area contributed by atoms with Gasteiger partial charge in [0.25, 0.3) is 0 Å². The van der Waals surface area contributed by atoms with E-state index in [9.17, 15) is 9.50 Å². The first-order valence-electron chi connectivity index (χ1n) is 8.48. The molecule has 1 N–H and O–H groups in total. The second-order valence-electron chi connectivity index (χ2n) is 6.76. The van der Waals surface area contributed by atoms with E-state index in [1.165, 1.54) is 6.07 Å². The maximum atomic E-state index is 13.5. The summed E-state index contributed by atoms with van der Waals surface area (Å²) in [5.74, 6) is 0.433. The maximum Gasteiger partial charge on any atom is 0.128 e. The summed E-state index contributed by atoms with van der Waals surface area (Å²) in [6, 6.07) is 6.57. The number of piperazine rings is 1. The Hall–Kier alpha value is -1.01. The molecule has 0 aromatic heterocycles. The average Bonchev–Trinajstić information content (AvgIpc) is 2.51. The zero-order valence-electron chi connectivity index (χ0n) is 14.2. The molecule has 0 radical (unpaired) electrons. The first-order chi connectivity index (χ1) is 11.0. The van der Waals surface area contributed by atoms with Crippen LogP contribution in [0.3, 0.4) is 0 Å². The van der Waals surface area contributed by atoms with Gasteiger partial charge in [-0.2, -0.15) is 0 Å². The monoisotopic (exact) mass is 324 g/mol. The third-order valence-electron chi connectivity index (χ3n) is 4.08. The van der Waals surface area contributed by atoms with E-state index in [0.29, 0.717) is 18.0 Å². The van der Waals surface area contributed by atoms with Crippen LogP contribution in [0, 0.1) is 11.7 Å². The average molecular weight is 324 g/mol. The highest BCUT2D eigenvalue weighted by atomic mass is 19.1. The van der Waals surface area contributed by atoms with Gasteiger partial charge < -0.3 is 14.7 Å². The van der Waals surface area contributed by atoms with E-state index in [1.807, 2.05) is 0 Å². The van der Waals surface area contributed by atoms with E-state index < -0.39 is 6.10 Å². The largest absolute Gasteiger partial charge is 0.389 e. The molecule has 5 heteroatoms. The first kappa shape index (κ1) is 18.3. The van der Waals surface area contributed by atoms with Gasteiger partial charge in [0.05, 0.1) is 19.3 Å². The van der Waals surface area contributed by atoms with E-state index in [2.05, 4.69) is 23.6 Å². The van der Waals surface area contributed by atoms with Gasteiger partial charge in [-0.3, -0.25) is 4.90 Å². The first-order valence-corrected chi connectivity index (χ1v) is 8.48. The number of benzene rings is 1. The lowest BCUT2D eigenvalue weighted by molar-refractivity contribution is 0.000132. The SMILES string of the molecule is CC(C)CN1CCN(CC(O)COCc2ccccc2F)CC1. The fraction of sp³-hybridized carbons (Fsp3) is 0.667. The van der Waals surface area contributed by atoms with Crippen molar-refractivity contribution in [2.24, 2.45) is 5.92 Å². The van der Waals surface area contributed by atoms with Crippen molar-refractivity contribution >= 4 is 0 Å².